The smallest absolute Gasteiger partial charge is 0.275 e. The van der Waals surface area contributed by atoms with Gasteiger partial charge in [0.25, 0.3) is 15.9 Å². The summed E-state index contributed by atoms with van der Waals surface area (Å²) in [5, 5.41) is 14.1. The van der Waals surface area contributed by atoms with Gasteiger partial charge in [-0.3, -0.25) is 9.52 Å². The highest BCUT2D eigenvalue weighted by Crippen LogP contribution is 2.21. The van der Waals surface area contributed by atoms with E-state index in [0.29, 0.717) is 22.5 Å². The molecule has 0 saturated carbocycles. The van der Waals surface area contributed by atoms with Gasteiger partial charge in [-0.2, -0.15) is 5.10 Å². The largest absolute Gasteiger partial charge is 0.507 e. The summed E-state index contributed by atoms with van der Waals surface area (Å²) >= 11 is 0. The van der Waals surface area contributed by atoms with Crippen molar-refractivity contribution in [1.82, 2.24) is 5.43 Å². The van der Waals surface area contributed by atoms with E-state index in [1.54, 1.807) is 68.4 Å². The number of para-hydroxylation sites is 1. The first-order chi connectivity index (χ1) is 14.3. The van der Waals surface area contributed by atoms with Gasteiger partial charge in [0.05, 0.1) is 16.2 Å². The van der Waals surface area contributed by atoms with Crippen LogP contribution in [0.4, 0.5) is 5.69 Å². The van der Waals surface area contributed by atoms with E-state index in [1.165, 1.54) is 18.2 Å². The minimum Gasteiger partial charge on any atom is -0.507 e. The van der Waals surface area contributed by atoms with E-state index in [0.717, 1.165) is 0 Å². The molecule has 0 fully saturated rings. The van der Waals surface area contributed by atoms with E-state index < -0.39 is 15.9 Å². The Bertz CT molecular complexity index is 1210. The summed E-state index contributed by atoms with van der Waals surface area (Å²) in [5.41, 5.74) is 4.58. The number of nitrogens with zero attached hydrogens (tertiary/aromatic N) is 1. The zero-order valence-electron chi connectivity index (χ0n) is 16.5. The predicted octanol–water partition coefficient (Wildman–Crippen LogP) is 3.66. The van der Waals surface area contributed by atoms with Crippen molar-refractivity contribution in [2.24, 2.45) is 5.10 Å². The van der Waals surface area contributed by atoms with Gasteiger partial charge >= 0.3 is 0 Å². The lowest BCUT2D eigenvalue weighted by Gasteiger charge is -2.10. The standard InChI is InChI=1S/C22H21N3O4S/c1-15-8-6-13-20(21(15)26)22(27)24-23-16(2)17-9-7-10-18(14-17)25-30(28,29)19-11-4-3-5-12-19/h3-14,25-26H,1-2H3,(H,24,27)/b23-16+. The molecule has 7 nitrogen and oxygen atoms in total. The molecule has 1 amide bonds. The maximum absolute atomic E-state index is 12.5. The van der Waals surface area contributed by atoms with E-state index in [9.17, 15) is 18.3 Å². The van der Waals surface area contributed by atoms with Crippen molar-refractivity contribution in [2.75, 3.05) is 4.72 Å². The van der Waals surface area contributed by atoms with Gasteiger partial charge in [-0.05, 0) is 55.3 Å². The number of rotatable bonds is 6. The molecule has 8 heteroatoms. The average molecular weight is 423 g/mol. The Balaban J connectivity index is 1.76. The van der Waals surface area contributed by atoms with Crippen molar-refractivity contribution in [2.45, 2.75) is 18.7 Å². The van der Waals surface area contributed by atoms with Crippen LogP contribution in [0.25, 0.3) is 0 Å². The number of hydrogen-bond acceptors (Lipinski definition) is 5. The summed E-state index contributed by atoms with van der Waals surface area (Å²) in [6.07, 6.45) is 0. The molecule has 30 heavy (non-hydrogen) atoms. The SMILES string of the molecule is C/C(=N\NC(=O)c1cccc(C)c1O)c1cccc(NS(=O)(=O)c2ccccc2)c1. The molecule has 154 valence electrons. The zero-order valence-corrected chi connectivity index (χ0v) is 17.3. The molecule has 0 aliphatic carbocycles. The number of carbonyl (C=O) groups is 1. The van der Waals surface area contributed by atoms with Crippen LogP contribution >= 0.6 is 0 Å². The van der Waals surface area contributed by atoms with Crippen LogP contribution in [0.3, 0.4) is 0 Å². The van der Waals surface area contributed by atoms with Crippen molar-refractivity contribution in [3.63, 3.8) is 0 Å². The Kier molecular flexibility index (Phi) is 6.17. The molecule has 0 bridgehead atoms. The highest BCUT2D eigenvalue weighted by atomic mass is 32.2. The number of hydrazone groups is 1. The number of anilines is 1. The molecule has 0 aliphatic rings. The first kappa shape index (κ1) is 21.1. The van der Waals surface area contributed by atoms with Crippen LogP contribution in [-0.4, -0.2) is 25.1 Å². The average Bonchev–Trinajstić information content (AvgIpc) is 2.74. The molecular weight excluding hydrogens is 402 g/mol. The molecular formula is C22H21N3O4S. The summed E-state index contributed by atoms with van der Waals surface area (Å²) in [4.78, 5) is 12.5. The Labute approximate surface area is 175 Å². The van der Waals surface area contributed by atoms with Gasteiger partial charge in [0.1, 0.15) is 5.75 Å². The fourth-order valence-corrected chi connectivity index (χ4v) is 3.79. The third-order valence-electron chi connectivity index (χ3n) is 4.39. The first-order valence-electron chi connectivity index (χ1n) is 9.09. The number of sulfonamides is 1. The lowest BCUT2D eigenvalue weighted by atomic mass is 10.1. The molecule has 0 saturated heterocycles. The number of carbonyl (C=O) groups excluding carboxylic acids is 1. The molecule has 0 heterocycles. The highest BCUT2D eigenvalue weighted by Gasteiger charge is 2.14. The van der Waals surface area contributed by atoms with Gasteiger partial charge in [-0.15, -0.1) is 0 Å². The number of phenolic OH excluding ortho intramolecular Hbond substituents is 1. The van der Waals surface area contributed by atoms with Gasteiger partial charge < -0.3 is 5.11 Å². The van der Waals surface area contributed by atoms with Crippen molar-refractivity contribution >= 4 is 27.3 Å². The van der Waals surface area contributed by atoms with E-state index in [4.69, 9.17) is 0 Å². The Morgan fingerprint density at radius 1 is 0.967 bits per heavy atom. The van der Waals surface area contributed by atoms with Crippen molar-refractivity contribution in [1.29, 1.82) is 0 Å². The van der Waals surface area contributed by atoms with Crippen molar-refractivity contribution in [3.05, 3.63) is 89.5 Å². The van der Waals surface area contributed by atoms with E-state index >= 15 is 0 Å². The molecule has 3 N–H and O–H groups in total. The minimum absolute atomic E-state index is 0.0971. The van der Waals surface area contributed by atoms with Crippen LogP contribution in [0.2, 0.25) is 0 Å². The number of aryl methyl sites for hydroxylation is 1. The highest BCUT2D eigenvalue weighted by molar-refractivity contribution is 7.92. The van der Waals surface area contributed by atoms with Gasteiger partial charge in [-0.25, -0.2) is 13.8 Å². The molecule has 0 aromatic heterocycles. The number of hydrogen-bond donors (Lipinski definition) is 3. The minimum atomic E-state index is -3.71. The van der Waals surface area contributed by atoms with Crippen LogP contribution in [-0.2, 0) is 10.0 Å². The Morgan fingerprint density at radius 2 is 1.67 bits per heavy atom. The number of nitrogens with one attached hydrogen (secondary N) is 2. The summed E-state index contributed by atoms with van der Waals surface area (Å²) in [6.45, 7) is 3.38. The molecule has 0 radical (unpaired) electrons. The monoisotopic (exact) mass is 423 g/mol. The van der Waals surface area contributed by atoms with E-state index in [2.05, 4.69) is 15.2 Å². The number of phenols is 1. The Hall–Kier alpha value is -3.65. The first-order valence-corrected chi connectivity index (χ1v) is 10.6. The molecule has 0 atom stereocenters. The quantitative estimate of drug-likeness (QED) is 0.415. The number of aromatic hydroxyl groups is 1. The van der Waals surface area contributed by atoms with Crippen molar-refractivity contribution < 1.29 is 18.3 Å². The normalized spacial score (nSPS) is 11.7. The summed E-state index contributed by atoms with van der Waals surface area (Å²) < 4.78 is 27.5. The summed E-state index contributed by atoms with van der Waals surface area (Å²) in [5.74, 6) is -0.642. The second-order valence-corrected chi connectivity index (χ2v) is 8.29. The fourth-order valence-electron chi connectivity index (χ4n) is 2.72. The predicted molar refractivity (Wildman–Crippen MR) is 116 cm³/mol. The number of amides is 1. The van der Waals surface area contributed by atoms with Gasteiger partial charge in [0.15, 0.2) is 0 Å². The fraction of sp³-hybridized carbons (Fsp3) is 0.0909. The van der Waals surface area contributed by atoms with Crippen LogP contribution in [0.5, 0.6) is 5.75 Å². The molecule has 3 aromatic carbocycles. The maximum Gasteiger partial charge on any atom is 0.275 e. The van der Waals surface area contributed by atoms with Gasteiger partial charge in [0.2, 0.25) is 0 Å². The van der Waals surface area contributed by atoms with Gasteiger partial charge in [0, 0.05) is 5.69 Å². The molecule has 3 aromatic rings. The van der Waals surface area contributed by atoms with E-state index in [-0.39, 0.29) is 16.2 Å². The second-order valence-electron chi connectivity index (χ2n) is 6.61. The third-order valence-corrected chi connectivity index (χ3v) is 5.79. The molecule has 0 aliphatic heterocycles. The summed E-state index contributed by atoms with van der Waals surface area (Å²) in [6, 6.07) is 19.6. The van der Waals surface area contributed by atoms with Crippen LogP contribution in [0, 0.1) is 6.92 Å². The maximum atomic E-state index is 12.5. The molecule has 0 unspecified atom stereocenters. The molecule has 0 spiro atoms. The lowest BCUT2D eigenvalue weighted by Crippen LogP contribution is -2.19. The molecule has 3 rings (SSSR count). The van der Waals surface area contributed by atoms with E-state index in [1.807, 2.05) is 0 Å². The zero-order chi connectivity index (χ0) is 21.7. The van der Waals surface area contributed by atoms with Crippen LogP contribution in [0.15, 0.2) is 82.8 Å². The summed E-state index contributed by atoms with van der Waals surface area (Å²) in [7, 11) is -3.71. The topological polar surface area (TPSA) is 108 Å². The third kappa shape index (κ3) is 4.84. The van der Waals surface area contributed by atoms with Gasteiger partial charge in [-0.1, -0.05) is 42.5 Å². The lowest BCUT2D eigenvalue weighted by molar-refractivity contribution is 0.0952. The number of benzene rings is 3. The Morgan fingerprint density at radius 3 is 2.40 bits per heavy atom. The van der Waals surface area contributed by atoms with Crippen molar-refractivity contribution in [3.8, 4) is 5.75 Å². The van der Waals surface area contributed by atoms with Crippen LogP contribution in [0.1, 0.15) is 28.4 Å². The second kappa shape index (κ2) is 8.79. The van der Waals surface area contributed by atoms with Crippen LogP contribution < -0.4 is 10.1 Å².